The van der Waals surface area contributed by atoms with Crippen LogP contribution in [-0.2, 0) is 14.9 Å². The van der Waals surface area contributed by atoms with Gasteiger partial charge in [-0.2, -0.15) is 0 Å². The maximum Gasteiger partial charge on any atom is 0.314 e. The van der Waals surface area contributed by atoms with Gasteiger partial charge in [0, 0.05) is 13.2 Å². The highest BCUT2D eigenvalue weighted by Gasteiger charge is 2.38. The molecule has 1 atom stereocenters. The molecule has 0 fully saturated rings. The van der Waals surface area contributed by atoms with E-state index in [2.05, 4.69) is 13.8 Å². The third-order valence-corrected chi connectivity index (χ3v) is 3.85. The number of aliphatic carboxylic acids is 1. The Kier molecular flexibility index (Phi) is 6.73. The molecule has 0 heterocycles. The SMILES string of the molecule is CCC(CCOCCC(C)C)(C(=O)O)c1ccccc1. The summed E-state index contributed by atoms with van der Waals surface area (Å²) in [5.74, 6) is -0.154. The zero-order chi connectivity index (χ0) is 15.0. The van der Waals surface area contributed by atoms with Gasteiger partial charge < -0.3 is 9.84 Å². The van der Waals surface area contributed by atoms with Crippen LogP contribution in [0.3, 0.4) is 0 Å². The number of hydrogen-bond acceptors (Lipinski definition) is 2. The topological polar surface area (TPSA) is 46.5 Å². The van der Waals surface area contributed by atoms with Gasteiger partial charge in [-0.3, -0.25) is 4.79 Å². The zero-order valence-corrected chi connectivity index (χ0v) is 12.8. The molecule has 0 aromatic heterocycles. The van der Waals surface area contributed by atoms with Crippen molar-refractivity contribution >= 4 is 5.97 Å². The number of carboxylic acids is 1. The number of carboxylic acid groups (broad SMARTS) is 1. The van der Waals surface area contributed by atoms with Gasteiger partial charge in [0.2, 0.25) is 0 Å². The second kappa shape index (κ2) is 8.05. The van der Waals surface area contributed by atoms with Gasteiger partial charge in [-0.05, 0) is 30.7 Å². The van der Waals surface area contributed by atoms with E-state index in [9.17, 15) is 9.90 Å². The van der Waals surface area contributed by atoms with Gasteiger partial charge in [0.1, 0.15) is 0 Å². The lowest BCUT2D eigenvalue weighted by atomic mass is 9.75. The Morgan fingerprint density at radius 3 is 2.40 bits per heavy atom. The summed E-state index contributed by atoms with van der Waals surface area (Å²) in [6, 6.07) is 9.48. The molecule has 0 saturated heterocycles. The van der Waals surface area contributed by atoms with Gasteiger partial charge in [-0.15, -0.1) is 0 Å². The van der Waals surface area contributed by atoms with Crippen LogP contribution in [0.4, 0.5) is 0 Å². The van der Waals surface area contributed by atoms with Crippen LogP contribution < -0.4 is 0 Å². The first kappa shape index (κ1) is 16.7. The summed E-state index contributed by atoms with van der Waals surface area (Å²) in [6.07, 6.45) is 2.10. The Bertz CT molecular complexity index is 400. The fourth-order valence-corrected chi connectivity index (χ4v) is 2.33. The predicted octanol–water partition coefficient (Wildman–Crippen LogP) is 3.87. The maximum atomic E-state index is 11.8. The first-order valence-electron chi connectivity index (χ1n) is 7.39. The molecule has 0 aliphatic heterocycles. The molecule has 1 N–H and O–H groups in total. The van der Waals surface area contributed by atoms with Crippen molar-refractivity contribution in [2.75, 3.05) is 13.2 Å². The molecule has 1 rings (SSSR count). The summed E-state index contributed by atoms with van der Waals surface area (Å²) >= 11 is 0. The molecule has 1 unspecified atom stereocenters. The van der Waals surface area contributed by atoms with Crippen LogP contribution in [0.2, 0.25) is 0 Å². The van der Waals surface area contributed by atoms with Crippen LogP contribution in [0, 0.1) is 5.92 Å². The highest BCUT2D eigenvalue weighted by molar-refractivity contribution is 5.81. The molecular weight excluding hydrogens is 252 g/mol. The lowest BCUT2D eigenvalue weighted by molar-refractivity contribution is -0.145. The van der Waals surface area contributed by atoms with Crippen LogP contribution in [0.25, 0.3) is 0 Å². The smallest absolute Gasteiger partial charge is 0.314 e. The fraction of sp³-hybridized carbons (Fsp3) is 0.588. The number of benzene rings is 1. The highest BCUT2D eigenvalue weighted by atomic mass is 16.5. The predicted molar refractivity (Wildman–Crippen MR) is 80.9 cm³/mol. The van der Waals surface area contributed by atoms with Crippen LogP contribution >= 0.6 is 0 Å². The lowest BCUT2D eigenvalue weighted by Crippen LogP contribution is -2.36. The van der Waals surface area contributed by atoms with Crippen molar-refractivity contribution in [3.63, 3.8) is 0 Å². The Balaban J connectivity index is 2.68. The van der Waals surface area contributed by atoms with E-state index in [-0.39, 0.29) is 0 Å². The van der Waals surface area contributed by atoms with Crippen LogP contribution in [0.15, 0.2) is 30.3 Å². The maximum absolute atomic E-state index is 11.8. The molecule has 0 aliphatic carbocycles. The van der Waals surface area contributed by atoms with Gasteiger partial charge in [-0.25, -0.2) is 0 Å². The van der Waals surface area contributed by atoms with Crippen molar-refractivity contribution in [3.8, 4) is 0 Å². The molecule has 0 spiro atoms. The van der Waals surface area contributed by atoms with Gasteiger partial charge in [0.05, 0.1) is 5.41 Å². The van der Waals surface area contributed by atoms with E-state index in [1.807, 2.05) is 37.3 Å². The minimum absolute atomic E-state index is 0.488. The van der Waals surface area contributed by atoms with Gasteiger partial charge in [0.15, 0.2) is 0 Å². The Morgan fingerprint density at radius 2 is 1.90 bits per heavy atom. The molecule has 1 aromatic carbocycles. The average molecular weight is 278 g/mol. The molecule has 20 heavy (non-hydrogen) atoms. The third kappa shape index (κ3) is 4.34. The first-order valence-corrected chi connectivity index (χ1v) is 7.39. The molecular formula is C17H26O3. The van der Waals surface area contributed by atoms with E-state index < -0.39 is 11.4 Å². The van der Waals surface area contributed by atoms with Crippen molar-refractivity contribution < 1.29 is 14.6 Å². The fourth-order valence-electron chi connectivity index (χ4n) is 2.33. The van der Waals surface area contributed by atoms with Crippen molar-refractivity contribution in [2.45, 2.75) is 45.4 Å². The van der Waals surface area contributed by atoms with Crippen LogP contribution in [-0.4, -0.2) is 24.3 Å². The minimum Gasteiger partial charge on any atom is -0.481 e. The van der Waals surface area contributed by atoms with E-state index in [1.54, 1.807) is 0 Å². The van der Waals surface area contributed by atoms with Crippen molar-refractivity contribution in [2.24, 2.45) is 5.92 Å². The molecule has 1 aromatic rings. The van der Waals surface area contributed by atoms with Gasteiger partial charge in [0.25, 0.3) is 0 Å². The second-order valence-corrected chi connectivity index (χ2v) is 5.65. The summed E-state index contributed by atoms with van der Waals surface area (Å²) in [5.41, 5.74) is 0.0292. The third-order valence-electron chi connectivity index (χ3n) is 3.85. The van der Waals surface area contributed by atoms with Crippen molar-refractivity contribution in [1.29, 1.82) is 0 Å². The summed E-state index contributed by atoms with van der Waals surface area (Å²) in [5, 5.41) is 9.67. The standard InChI is InChI=1S/C17H26O3/c1-4-17(16(18)19,15-8-6-5-7-9-15)11-13-20-12-10-14(2)3/h5-9,14H,4,10-13H2,1-3H3,(H,18,19). The van der Waals surface area contributed by atoms with Crippen molar-refractivity contribution in [1.82, 2.24) is 0 Å². The monoisotopic (exact) mass is 278 g/mol. The van der Waals surface area contributed by atoms with Crippen molar-refractivity contribution in [3.05, 3.63) is 35.9 Å². The minimum atomic E-state index is -0.834. The summed E-state index contributed by atoms with van der Waals surface area (Å²) in [4.78, 5) is 11.8. The highest BCUT2D eigenvalue weighted by Crippen LogP contribution is 2.32. The van der Waals surface area contributed by atoms with Crippen LogP contribution in [0.5, 0.6) is 0 Å². The summed E-state index contributed by atoms with van der Waals surface area (Å²) in [6.45, 7) is 7.42. The first-order chi connectivity index (χ1) is 9.53. The van der Waals surface area contributed by atoms with E-state index in [1.165, 1.54) is 0 Å². The molecule has 3 nitrogen and oxygen atoms in total. The number of rotatable bonds is 9. The summed E-state index contributed by atoms with van der Waals surface area (Å²) < 4.78 is 5.61. The quantitative estimate of drug-likeness (QED) is 0.697. The number of hydrogen-bond donors (Lipinski definition) is 1. The molecule has 3 heteroatoms. The second-order valence-electron chi connectivity index (χ2n) is 5.65. The normalized spacial score (nSPS) is 14.2. The van der Waals surface area contributed by atoms with E-state index >= 15 is 0 Å². The Labute approximate surface area is 122 Å². The molecule has 0 amide bonds. The average Bonchev–Trinajstić information content (AvgIpc) is 2.43. The Hall–Kier alpha value is -1.35. The zero-order valence-electron chi connectivity index (χ0n) is 12.8. The van der Waals surface area contributed by atoms with E-state index in [4.69, 9.17) is 4.74 Å². The molecule has 0 saturated carbocycles. The largest absolute Gasteiger partial charge is 0.481 e. The van der Waals surface area contributed by atoms with Gasteiger partial charge in [-0.1, -0.05) is 51.1 Å². The van der Waals surface area contributed by atoms with E-state index in [0.29, 0.717) is 32.0 Å². The molecule has 0 aliphatic rings. The molecule has 0 bridgehead atoms. The molecule has 0 radical (unpaired) electrons. The molecule has 112 valence electrons. The lowest BCUT2D eigenvalue weighted by Gasteiger charge is -2.28. The van der Waals surface area contributed by atoms with Gasteiger partial charge >= 0.3 is 5.97 Å². The van der Waals surface area contributed by atoms with E-state index in [0.717, 1.165) is 12.0 Å². The Morgan fingerprint density at radius 1 is 1.25 bits per heavy atom. The van der Waals surface area contributed by atoms with Crippen LogP contribution in [0.1, 0.15) is 45.6 Å². The summed E-state index contributed by atoms with van der Waals surface area (Å²) in [7, 11) is 0. The number of ether oxygens (including phenoxy) is 1. The number of carbonyl (C=O) groups is 1.